The van der Waals surface area contributed by atoms with Crippen molar-refractivity contribution in [2.75, 3.05) is 11.4 Å². The van der Waals surface area contributed by atoms with Gasteiger partial charge in [-0.2, -0.15) is 4.68 Å². The Balaban J connectivity index is 1.47. The number of aryl methyl sites for hydroxylation is 1. The number of halogens is 1. The average molecular weight is 455 g/mol. The summed E-state index contributed by atoms with van der Waals surface area (Å²) in [5, 5.41) is 15.1. The third-order valence-electron chi connectivity index (χ3n) is 5.81. The lowest BCUT2D eigenvalue weighted by Gasteiger charge is -2.32. The second-order valence-corrected chi connectivity index (χ2v) is 8.15. The second kappa shape index (κ2) is 9.27. The summed E-state index contributed by atoms with van der Waals surface area (Å²) in [6.45, 7) is 2.11. The van der Waals surface area contributed by atoms with Gasteiger partial charge in [0.1, 0.15) is 18.4 Å². The summed E-state index contributed by atoms with van der Waals surface area (Å²) < 4.78 is 15.7. The molecule has 34 heavy (non-hydrogen) atoms. The lowest BCUT2D eigenvalue weighted by Crippen LogP contribution is -2.40. The van der Waals surface area contributed by atoms with Gasteiger partial charge in [0.15, 0.2) is 0 Å². The minimum absolute atomic E-state index is 0.0178. The van der Waals surface area contributed by atoms with E-state index in [1.54, 1.807) is 27.8 Å². The van der Waals surface area contributed by atoms with Crippen LogP contribution in [-0.4, -0.2) is 32.7 Å². The Kier molecular flexibility index (Phi) is 5.86. The number of fused-ring (bicyclic) bond motifs is 1. The molecule has 1 aliphatic heterocycles. The van der Waals surface area contributed by atoms with Crippen LogP contribution in [0.2, 0.25) is 0 Å². The fraction of sp³-hybridized carbons (Fsp3) is 0.154. The van der Waals surface area contributed by atoms with Gasteiger partial charge in [-0.3, -0.25) is 9.69 Å². The molecule has 5 rings (SSSR count). The number of hydrogen-bond donors (Lipinski definition) is 1. The molecule has 7 nitrogen and oxygen atoms in total. The Morgan fingerprint density at radius 2 is 1.74 bits per heavy atom. The molecule has 0 aliphatic carbocycles. The van der Waals surface area contributed by atoms with Crippen LogP contribution in [0.4, 0.5) is 10.3 Å². The van der Waals surface area contributed by atoms with Crippen molar-refractivity contribution in [3.05, 3.63) is 113 Å². The maximum atomic E-state index is 14.0. The molecular weight excluding hydrogens is 431 g/mol. The highest BCUT2D eigenvalue weighted by molar-refractivity contribution is 5.89. The summed E-state index contributed by atoms with van der Waals surface area (Å²) in [6.07, 6.45) is 2.06. The topological polar surface area (TPSA) is 75.9 Å². The van der Waals surface area contributed by atoms with Crippen molar-refractivity contribution in [3.8, 4) is 0 Å². The first-order valence-electron chi connectivity index (χ1n) is 11.0. The Labute approximate surface area is 196 Å². The summed E-state index contributed by atoms with van der Waals surface area (Å²) in [5.41, 5.74) is 4.38. The van der Waals surface area contributed by atoms with E-state index in [0.717, 1.165) is 22.4 Å². The van der Waals surface area contributed by atoms with Crippen LogP contribution in [0.25, 0.3) is 5.70 Å². The zero-order valence-corrected chi connectivity index (χ0v) is 18.6. The van der Waals surface area contributed by atoms with Crippen LogP contribution in [0.1, 0.15) is 28.3 Å². The van der Waals surface area contributed by atoms with E-state index in [2.05, 4.69) is 26.9 Å². The number of rotatable bonds is 6. The molecule has 3 aromatic carbocycles. The van der Waals surface area contributed by atoms with Crippen LogP contribution in [0.5, 0.6) is 0 Å². The molecule has 0 saturated heterocycles. The van der Waals surface area contributed by atoms with Gasteiger partial charge in [-0.15, -0.1) is 0 Å². The van der Waals surface area contributed by atoms with Gasteiger partial charge < -0.3 is 5.32 Å². The SMILES string of the molecule is Cc1ccc(C2=C[C@H](c3ccccc3)n3nnnc3N2CC(=O)NCc2ccccc2F)cc1. The minimum atomic E-state index is -0.351. The number of nitrogens with one attached hydrogen (secondary N) is 1. The van der Waals surface area contributed by atoms with E-state index < -0.39 is 0 Å². The molecule has 170 valence electrons. The quantitative estimate of drug-likeness (QED) is 0.478. The summed E-state index contributed by atoms with van der Waals surface area (Å²) >= 11 is 0. The number of carbonyl (C=O) groups is 1. The molecule has 0 saturated carbocycles. The Bertz CT molecular complexity index is 1330. The molecule has 4 aromatic rings. The maximum Gasteiger partial charge on any atom is 0.251 e. The molecule has 1 aliphatic rings. The molecule has 1 amide bonds. The summed E-state index contributed by atoms with van der Waals surface area (Å²) in [4.78, 5) is 14.7. The third-order valence-corrected chi connectivity index (χ3v) is 5.81. The Morgan fingerprint density at radius 1 is 1.00 bits per heavy atom. The van der Waals surface area contributed by atoms with Crippen LogP contribution in [0, 0.1) is 12.7 Å². The van der Waals surface area contributed by atoms with E-state index in [1.807, 2.05) is 61.5 Å². The van der Waals surface area contributed by atoms with Gasteiger partial charge in [0, 0.05) is 12.1 Å². The molecule has 0 radical (unpaired) electrons. The second-order valence-electron chi connectivity index (χ2n) is 8.15. The third kappa shape index (κ3) is 4.30. The minimum Gasteiger partial charge on any atom is -0.350 e. The van der Waals surface area contributed by atoms with E-state index in [0.29, 0.717) is 11.5 Å². The van der Waals surface area contributed by atoms with Crippen molar-refractivity contribution in [1.82, 2.24) is 25.5 Å². The average Bonchev–Trinajstić information content (AvgIpc) is 3.35. The highest BCUT2D eigenvalue weighted by atomic mass is 19.1. The number of tetrazole rings is 1. The van der Waals surface area contributed by atoms with Crippen LogP contribution in [0.15, 0.2) is 84.9 Å². The summed E-state index contributed by atoms with van der Waals surface area (Å²) in [5.74, 6) is -0.155. The number of anilines is 1. The normalized spacial score (nSPS) is 14.9. The van der Waals surface area contributed by atoms with Gasteiger partial charge in [0.25, 0.3) is 5.95 Å². The van der Waals surface area contributed by atoms with Crippen LogP contribution < -0.4 is 10.2 Å². The van der Waals surface area contributed by atoms with Gasteiger partial charge in [-0.25, -0.2) is 4.39 Å². The van der Waals surface area contributed by atoms with E-state index in [1.165, 1.54) is 6.07 Å². The largest absolute Gasteiger partial charge is 0.350 e. The highest BCUT2D eigenvalue weighted by Crippen LogP contribution is 2.36. The molecule has 0 unspecified atom stereocenters. The molecule has 1 aromatic heterocycles. The van der Waals surface area contributed by atoms with E-state index >= 15 is 0 Å². The van der Waals surface area contributed by atoms with Crippen molar-refractivity contribution < 1.29 is 9.18 Å². The van der Waals surface area contributed by atoms with Gasteiger partial charge in [-0.1, -0.05) is 83.5 Å². The molecule has 0 fully saturated rings. The number of benzene rings is 3. The van der Waals surface area contributed by atoms with Crippen LogP contribution >= 0.6 is 0 Å². The maximum absolute atomic E-state index is 14.0. The van der Waals surface area contributed by atoms with Crippen molar-refractivity contribution in [3.63, 3.8) is 0 Å². The van der Waals surface area contributed by atoms with Gasteiger partial charge >= 0.3 is 0 Å². The van der Waals surface area contributed by atoms with Gasteiger partial charge in [0.2, 0.25) is 5.91 Å². The molecule has 1 atom stereocenters. The van der Waals surface area contributed by atoms with Crippen molar-refractivity contribution >= 4 is 17.6 Å². The van der Waals surface area contributed by atoms with Crippen molar-refractivity contribution in [2.45, 2.75) is 19.5 Å². The van der Waals surface area contributed by atoms with E-state index in [4.69, 9.17) is 0 Å². The first kappa shape index (κ1) is 21.5. The number of allylic oxidation sites excluding steroid dienone is 1. The van der Waals surface area contributed by atoms with Crippen molar-refractivity contribution in [2.24, 2.45) is 0 Å². The van der Waals surface area contributed by atoms with Crippen LogP contribution in [0.3, 0.4) is 0 Å². The van der Waals surface area contributed by atoms with Crippen molar-refractivity contribution in [1.29, 1.82) is 0 Å². The molecule has 8 heteroatoms. The predicted octanol–water partition coefficient (Wildman–Crippen LogP) is 3.89. The zero-order valence-electron chi connectivity index (χ0n) is 18.6. The predicted molar refractivity (Wildman–Crippen MR) is 127 cm³/mol. The standard InChI is InChI=1S/C26H23FN6O/c1-18-11-13-20(14-12-18)23-15-24(19-7-3-2-4-8-19)33-26(29-30-31-33)32(23)17-25(34)28-16-21-9-5-6-10-22(21)27/h2-15,24H,16-17H2,1H3,(H,28,34)/t24-/m1/s1. The zero-order chi connectivity index (χ0) is 23.5. The summed E-state index contributed by atoms with van der Waals surface area (Å²) in [7, 11) is 0. The number of amides is 1. The molecular formula is C26H23FN6O. The monoisotopic (exact) mass is 454 g/mol. The van der Waals surface area contributed by atoms with Gasteiger partial charge in [-0.05, 0) is 40.6 Å². The fourth-order valence-corrected chi connectivity index (χ4v) is 4.02. The Hall–Kier alpha value is -4.33. The van der Waals surface area contributed by atoms with Crippen LogP contribution in [-0.2, 0) is 11.3 Å². The number of nitrogens with zero attached hydrogens (tertiary/aromatic N) is 5. The Morgan fingerprint density at radius 3 is 2.50 bits per heavy atom. The smallest absolute Gasteiger partial charge is 0.251 e. The fourth-order valence-electron chi connectivity index (χ4n) is 4.02. The molecule has 2 heterocycles. The number of hydrogen-bond acceptors (Lipinski definition) is 5. The van der Waals surface area contributed by atoms with E-state index in [-0.39, 0.29) is 30.9 Å². The molecule has 1 N–H and O–H groups in total. The number of aromatic nitrogens is 4. The number of carbonyl (C=O) groups excluding carboxylic acids is 1. The summed E-state index contributed by atoms with van der Waals surface area (Å²) in [6, 6.07) is 24.2. The highest BCUT2D eigenvalue weighted by Gasteiger charge is 2.31. The van der Waals surface area contributed by atoms with E-state index in [9.17, 15) is 9.18 Å². The van der Waals surface area contributed by atoms with Gasteiger partial charge in [0.05, 0.1) is 5.70 Å². The first-order valence-corrected chi connectivity index (χ1v) is 11.0. The lowest BCUT2D eigenvalue weighted by atomic mass is 10.00. The molecule has 0 bridgehead atoms. The lowest BCUT2D eigenvalue weighted by molar-refractivity contribution is -0.119. The molecule has 0 spiro atoms. The first-order chi connectivity index (χ1) is 16.6.